The van der Waals surface area contributed by atoms with Crippen LogP contribution in [-0.4, -0.2) is 11.0 Å². The van der Waals surface area contributed by atoms with Gasteiger partial charge in [-0.25, -0.2) is 4.79 Å². The zero-order chi connectivity index (χ0) is 16.2. The van der Waals surface area contributed by atoms with E-state index in [0.717, 1.165) is 5.56 Å². The van der Waals surface area contributed by atoms with Crippen molar-refractivity contribution in [1.29, 1.82) is 0 Å². The SMILES string of the molecule is O=C(Nc1cc2cc([N+](=O)[O-])ccc2o1)OCc1ccccc1. The molecule has 3 rings (SSSR count). The van der Waals surface area contributed by atoms with Crippen molar-refractivity contribution in [3.8, 4) is 0 Å². The van der Waals surface area contributed by atoms with E-state index in [9.17, 15) is 14.9 Å². The smallest absolute Gasteiger partial charge is 0.414 e. The van der Waals surface area contributed by atoms with Crippen LogP contribution in [0.2, 0.25) is 0 Å². The van der Waals surface area contributed by atoms with Crippen LogP contribution in [0.25, 0.3) is 11.0 Å². The molecule has 0 unspecified atom stereocenters. The first-order valence-electron chi connectivity index (χ1n) is 6.77. The van der Waals surface area contributed by atoms with Crippen molar-refractivity contribution < 1.29 is 18.9 Å². The Bertz CT molecular complexity index is 857. The van der Waals surface area contributed by atoms with Crippen molar-refractivity contribution in [3.05, 3.63) is 70.3 Å². The molecule has 0 saturated carbocycles. The molecule has 0 saturated heterocycles. The van der Waals surface area contributed by atoms with Crippen LogP contribution in [0, 0.1) is 10.1 Å². The molecule has 1 N–H and O–H groups in total. The van der Waals surface area contributed by atoms with E-state index in [-0.39, 0.29) is 18.2 Å². The van der Waals surface area contributed by atoms with Gasteiger partial charge in [0.2, 0.25) is 5.88 Å². The summed E-state index contributed by atoms with van der Waals surface area (Å²) in [6.07, 6.45) is -0.664. The maximum Gasteiger partial charge on any atom is 0.414 e. The molecule has 0 atom stereocenters. The minimum atomic E-state index is -0.664. The number of nitrogens with one attached hydrogen (secondary N) is 1. The second-order valence-corrected chi connectivity index (χ2v) is 4.78. The predicted octanol–water partition coefficient (Wildman–Crippen LogP) is 4.09. The van der Waals surface area contributed by atoms with E-state index in [1.54, 1.807) is 0 Å². The van der Waals surface area contributed by atoms with Gasteiger partial charge in [0.25, 0.3) is 5.69 Å². The Morgan fingerprint density at radius 3 is 2.70 bits per heavy atom. The number of anilines is 1. The van der Waals surface area contributed by atoms with Crippen molar-refractivity contribution in [2.75, 3.05) is 5.32 Å². The van der Waals surface area contributed by atoms with Gasteiger partial charge in [0, 0.05) is 23.6 Å². The summed E-state index contributed by atoms with van der Waals surface area (Å²) in [6.45, 7) is 0.137. The molecular formula is C16H12N2O5. The second-order valence-electron chi connectivity index (χ2n) is 4.78. The largest absolute Gasteiger partial charge is 0.444 e. The molecule has 0 spiro atoms. The number of benzene rings is 2. The molecule has 0 aliphatic heterocycles. The van der Waals surface area contributed by atoms with Crippen LogP contribution in [0.1, 0.15) is 5.56 Å². The van der Waals surface area contributed by atoms with Gasteiger partial charge >= 0.3 is 6.09 Å². The van der Waals surface area contributed by atoms with E-state index < -0.39 is 11.0 Å². The zero-order valence-electron chi connectivity index (χ0n) is 11.9. The fourth-order valence-corrected chi connectivity index (χ4v) is 2.07. The summed E-state index contributed by atoms with van der Waals surface area (Å²) >= 11 is 0. The number of amides is 1. The third-order valence-electron chi connectivity index (χ3n) is 3.15. The third kappa shape index (κ3) is 3.46. The number of nitrogens with zero attached hydrogens (tertiary/aromatic N) is 1. The molecule has 1 aromatic heterocycles. The molecule has 7 nitrogen and oxygen atoms in total. The Kier molecular flexibility index (Phi) is 3.92. The number of furan rings is 1. The summed E-state index contributed by atoms with van der Waals surface area (Å²) in [5.74, 6) is 0.165. The molecule has 23 heavy (non-hydrogen) atoms. The standard InChI is InChI=1S/C16H12N2O5/c19-16(22-10-11-4-2-1-3-5-11)17-15-9-12-8-13(18(20)21)6-7-14(12)23-15/h1-9H,10H2,(H,17,19). The van der Waals surface area contributed by atoms with Crippen LogP contribution in [0.15, 0.2) is 59.0 Å². The van der Waals surface area contributed by atoms with E-state index in [1.165, 1.54) is 24.3 Å². The molecule has 0 aliphatic rings. The molecule has 0 bridgehead atoms. The maximum atomic E-state index is 11.7. The van der Waals surface area contributed by atoms with Gasteiger partial charge in [-0.3, -0.25) is 15.4 Å². The summed E-state index contributed by atoms with van der Waals surface area (Å²) in [5, 5.41) is 13.7. The van der Waals surface area contributed by atoms with Crippen LogP contribution in [0.3, 0.4) is 0 Å². The Hall–Kier alpha value is -3.35. The lowest BCUT2D eigenvalue weighted by molar-refractivity contribution is -0.384. The Morgan fingerprint density at radius 1 is 1.17 bits per heavy atom. The lowest BCUT2D eigenvalue weighted by Gasteiger charge is -2.04. The first kappa shape index (κ1) is 14.6. The Morgan fingerprint density at radius 2 is 1.96 bits per heavy atom. The van der Waals surface area contributed by atoms with E-state index >= 15 is 0 Å². The molecule has 2 aromatic carbocycles. The second kappa shape index (κ2) is 6.18. The fraction of sp³-hybridized carbons (Fsp3) is 0.0625. The molecule has 1 amide bonds. The van der Waals surface area contributed by atoms with Crippen molar-refractivity contribution >= 4 is 28.6 Å². The first-order chi connectivity index (χ1) is 11.1. The number of ether oxygens (including phenoxy) is 1. The molecule has 0 fully saturated rings. The van der Waals surface area contributed by atoms with Crippen LogP contribution >= 0.6 is 0 Å². The molecule has 3 aromatic rings. The number of nitro benzene ring substituents is 1. The summed E-state index contributed by atoms with van der Waals surface area (Å²) in [5.41, 5.74) is 1.26. The molecule has 7 heteroatoms. The van der Waals surface area contributed by atoms with Crippen molar-refractivity contribution in [2.45, 2.75) is 6.61 Å². The number of hydrogen-bond donors (Lipinski definition) is 1. The van der Waals surface area contributed by atoms with Crippen LogP contribution in [-0.2, 0) is 11.3 Å². The third-order valence-corrected chi connectivity index (χ3v) is 3.15. The summed E-state index contributed by atoms with van der Waals surface area (Å²) < 4.78 is 10.5. The fourth-order valence-electron chi connectivity index (χ4n) is 2.07. The molecular weight excluding hydrogens is 300 g/mol. The quantitative estimate of drug-likeness (QED) is 0.578. The zero-order valence-corrected chi connectivity index (χ0v) is 11.9. The van der Waals surface area contributed by atoms with Crippen molar-refractivity contribution in [1.82, 2.24) is 0 Å². The number of rotatable bonds is 4. The van der Waals surface area contributed by atoms with Crippen LogP contribution < -0.4 is 5.32 Å². The van der Waals surface area contributed by atoms with Gasteiger partial charge in [-0.15, -0.1) is 0 Å². The highest BCUT2D eigenvalue weighted by Crippen LogP contribution is 2.26. The Balaban J connectivity index is 1.66. The number of carbonyl (C=O) groups excluding carboxylic acids is 1. The minimum Gasteiger partial charge on any atom is -0.444 e. The van der Waals surface area contributed by atoms with E-state index in [1.807, 2.05) is 30.3 Å². The number of non-ortho nitro benzene ring substituents is 1. The molecule has 0 aliphatic carbocycles. The lowest BCUT2D eigenvalue weighted by atomic mass is 10.2. The van der Waals surface area contributed by atoms with Gasteiger partial charge in [0.1, 0.15) is 12.2 Å². The highest BCUT2D eigenvalue weighted by atomic mass is 16.6. The number of nitro groups is 1. The van der Waals surface area contributed by atoms with Crippen molar-refractivity contribution in [2.24, 2.45) is 0 Å². The first-order valence-corrected chi connectivity index (χ1v) is 6.77. The van der Waals surface area contributed by atoms with Gasteiger partial charge in [0.05, 0.1) is 4.92 Å². The summed E-state index contributed by atoms with van der Waals surface area (Å²) in [6, 6.07) is 15.0. The molecule has 116 valence electrons. The van der Waals surface area contributed by atoms with Crippen LogP contribution in [0.5, 0.6) is 0 Å². The monoisotopic (exact) mass is 312 g/mol. The van der Waals surface area contributed by atoms with Crippen molar-refractivity contribution in [3.63, 3.8) is 0 Å². The molecule has 0 radical (unpaired) electrons. The van der Waals surface area contributed by atoms with E-state index in [2.05, 4.69) is 5.32 Å². The summed E-state index contributed by atoms with van der Waals surface area (Å²) in [4.78, 5) is 22.0. The topological polar surface area (TPSA) is 94.6 Å². The predicted molar refractivity (Wildman–Crippen MR) is 83.1 cm³/mol. The van der Waals surface area contributed by atoms with Gasteiger partial charge in [0.15, 0.2) is 0 Å². The number of hydrogen-bond acceptors (Lipinski definition) is 5. The Labute approximate surface area is 130 Å². The maximum absolute atomic E-state index is 11.7. The number of fused-ring (bicyclic) bond motifs is 1. The van der Waals surface area contributed by atoms with Gasteiger partial charge in [-0.05, 0) is 11.6 Å². The van der Waals surface area contributed by atoms with E-state index in [0.29, 0.717) is 11.0 Å². The molecule has 1 heterocycles. The van der Waals surface area contributed by atoms with E-state index in [4.69, 9.17) is 9.15 Å². The van der Waals surface area contributed by atoms with Gasteiger partial charge < -0.3 is 9.15 Å². The van der Waals surface area contributed by atoms with Crippen LogP contribution in [0.4, 0.5) is 16.4 Å². The van der Waals surface area contributed by atoms with Gasteiger partial charge in [-0.1, -0.05) is 30.3 Å². The van der Waals surface area contributed by atoms with Gasteiger partial charge in [-0.2, -0.15) is 0 Å². The summed E-state index contributed by atoms with van der Waals surface area (Å²) in [7, 11) is 0. The normalized spacial score (nSPS) is 10.4. The number of carbonyl (C=O) groups is 1. The lowest BCUT2D eigenvalue weighted by Crippen LogP contribution is -2.12. The minimum absolute atomic E-state index is 0.0449. The average Bonchev–Trinajstić information content (AvgIpc) is 2.95. The average molecular weight is 312 g/mol. The highest BCUT2D eigenvalue weighted by molar-refractivity contribution is 5.89. The highest BCUT2D eigenvalue weighted by Gasteiger charge is 2.12.